The number of hydrogen-bond acceptors (Lipinski definition) is 4. The zero-order valence-corrected chi connectivity index (χ0v) is 11.7. The molecule has 3 N–H and O–H groups in total. The number of aryl methyl sites for hydroxylation is 1. The van der Waals surface area contributed by atoms with E-state index in [-0.39, 0.29) is 18.2 Å². The molecule has 0 aliphatic heterocycles. The first-order chi connectivity index (χ1) is 10.1. The van der Waals surface area contributed by atoms with Crippen molar-refractivity contribution in [2.24, 2.45) is 5.10 Å². The standard InChI is InChI=1S/C16H17N3O2/c1-12-6-8-14(9-7-12)17-11-16(21)19-18-10-13-4-2-3-5-15(13)20/h2-10,17,20H,11H2,1H3,(H,19,21)/b18-10+. The van der Waals surface area contributed by atoms with Crippen molar-refractivity contribution < 1.29 is 9.90 Å². The minimum absolute atomic E-state index is 0.119. The Kier molecular flexibility index (Phi) is 4.93. The van der Waals surface area contributed by atoms with E-state index in [4.69, 9.17) is 0 Å². The van der Waals surface area contributed by atoms with Crippen molar-refractivity contribution >= 4 is 17.8 Å². The minimum Gasteiger partial charge on any atom is -0.507 e. The van der Waals surface area contributed by atoms with E-state index in [0.29, 0.717) is 5.56 Å². The molecule has 2 aromatic rings. The number of phenols is 1. The first-order valence-corrected chi connectivity index (χ1v) is 6.55. The molecule has 1 amide bonds. The third-order valence-corrected chi connectivity index (χ3v) is 2.83. The molecule has 108 valence electrons. The number of amides is 1. The van der Waals surface area contributed by atoms with Gasteiger partial charge in [-0.3, -0.25) is 4.79 Å². The molecule has 0 aliphatic carbocycles. The summed E-state index contributed by atoms with van der Waals surface area (Å²) in [5, 5.41) is 16.3. The third kappa shape index (κ3) is 4.65. The average Bonchev–Trinajstić information content (AvgIpc) is 2.49. The molecule has 0 spiro atoms. The molecular formula is C16H17N3O2. The van der Waals surface area contributed by atoms with Crippen molar-refractivity contribution in [3.05, 3.63) is 59.7 Å². The van der Waals surface area contributed by atoms with Crippen LogP contribution in [-0.4, -0.2) is 23.8 Å². The molecule has 0 aromatic heterocycles. The van der Waals surface area contributed by atoms with Gasteiger partial charge in [-0.05, 0) is 31.2 Å². The number of nitrogens with zero attached hydrogens (tertiary/aromatic N) is 1. The normalized spacial score (nSPS) is 10.5. The summed E-state index contributed by atoms with van der Waals surface area (Å²) in [6, 6.07) is 14.5. The highest BCUT2D eigenvalue weighted by atomic mass is 16.3. The summed E-state index contributed by atoms with van der Waals surface area (Å²) >= 11 is 0. The third-order valence-electron chi connectivity index (χ3n) is 2.83. The summed E-state index contributed by atoms with van der Waals surface area (Å²) in [4.78, 5) is 11.6. The van der Waals surface area contributed by atoms with Gasteiger partial charge >= 0.3 is 0 Å². The SMILES string of the molecule is Cc1ccc(NCC(=O)N/N=C/c2ccccc2O)cc1. The Labute approximate surface area is 123 Å². The molecule has 5 nitrogen and oxygen atoms in total. The van der Waals surface area contributed by atoms with E-state index in [0.717, 1.165) is 11.3 Å². The van der Waals surface area contributed by atoms with Crippen molar-refractivity contribution in [1.29, 1.82) is 0 Å². The minimum atomic E-state index is -0.262. The second-order valence-corrected chi connectivity index (χ2v) is 4.57. The highest BCUT2D eigenvalue weighted by Crippen LogP contribution is 2.12. The molecule has 0 bridgehead atoms. The fourth-order valence-corrected chi connectivity index (χ4v) is 1.66. The smallest absolute Gasteiger partial charge is 0.259 e. The average molecular weight is 283 g/mol. The Morgan fingerprint density at radius 3 is 2.62 bits per heavy atom. The Hall–Kier alpha value is -2.82. The molecule has 0 saturated heterocycles. The van der Waals surface area contributed by atoms with Crippen LogP contribution in [0.25, 0.3) is 0 Å². The van der Waals surface area contributed by atoms with Crippen LogP contribution in [-0.2, 0) is 4.79 Å². The molecule has 0 saturated carbocycles. The number of phenolic OH excluding ortho intramolecular Hbond substituents is 1. The lowest BCUT2D eigenvalue weighted by Crippen LogP contribution is -2.25. The number of hydrogen-bond donors (Lipinski definition) is 3. The fourth-order valence-electron chi connectivity index (χ4n) is 1.66. The highest BCUT2D eigenvalue weighted by Gasteiger charge is 2.00. The second kappa shape index (κ2) is 7.09. The van der Waals surface area contributed by atoms with Crippen LogP contribution in [0.2, 0.25) is 0 Å². The molecule has 0 heterocycles. The lowest BCUT2D eigenvalue weighted by molar-refractivity contribution is -0.119. The topological polar surface area (TPSA) is 73.7 Å². The van der Waals surface area contributed by atoms with Gasteiger partial charge in [-0.2, -0.15) is 5.10 Å². The van der Waals surface area contributed by atoms with Crippen LogP contribution in [0, 0.1) is 6.92 Å². The van der Waals surface area contributed by atoms with E-state index in [9.17, 15) is 9.90 Å². The second-order valence-electron chi connectivity index (χ2n) is 4.57. The molecule has 2 rings (SSSR count). The van der Waals surface area contributed by atoms with E-state index >= 15 is 0 Å². The van der Waals surface area contributed by atoms with Crippen LogP contribution in [0.3, 0.4) is 0 Å². The summed E-state index contributed by atoms with van der Waals surface area (Å²) in [6.07, 6.45) is 1.40. The maximum Gasteiger partial charge on any atom is 0.259 e. The van der Waals surface area contributed by atoms with Gasteiger partial charge in [0.05, 0.1) is 12.8 Å². The van der Waals surface area contributed by atoms with Crippen molar-refractivity contribution in [2.75, 3.05) is 11.9 Å². The van der Waals surface area contributed by atoms with Gasteiger partial charge in [-0.25, -0.2) is 5.43 Å². The fraction of sp³-hybridized carbons (Fsp3) is 0.125. The molecular weight excluding hydrogens is 266 g/mol. The molecule has 0 aliphatic rings. The Morgan fingerprint density at radius 2 is 1.90 bits per heavy atom. The van der Waals surface area contributed by atoms with Crippen molar-refractivity contribution in [3.63, 3.8) is 0 Å². The number of rotatable bonds is 5. The molecule has 0 atom stereocenters. The van der Waals surface area contributed by atoms with Gasteiger partial charge in [-0.15, -0.1) is 0 Å². The number of benzene rings is 2. The summed E-state index contributed by atoms with van der Waals surface area (Å²) in [6.45, 7) is 2.13. The molecule has 0 fully saturated rings. The maximum absolute atomic E-state index is 11.6. The van der Waals surface area contributed by atoms with E-state index in [1.165, 1.54) is 6.21 Å². The van der Waals surface area contributed by atoms with Crippen molar-refractivity contribution in [3.8, 4) is 5.75 Å². The van der Waals surface area contributed by atoms with Crippen LogP contribution in [0.15, 0.2) is 53.6 Å². The van der Waals surface area contributed by atoms with Crippen molar-refractivity contribution in [2.45, 2.75) is 6.92 Å². The maximum atomic E-state index is 11.6. The largest absolute Gasteiger partial charge is 0.507 e. The molecule has 0 unspecified atom stereocenters. The van der Waals surface area contributed by atoms with Gasteiger partial charge < -0.3 is 10.4 Å². The number of nitrogens with one attached hydrogen (secondary N) is 2. The van der Waals surface area contributed by atoms with Crippen LogP contribution in [0.1, 0.15) is 11.1 Å². The number of para-hydroxylation sites is 1. The van der Waals surface area contributed by atoms with Gasteiger partial charge in [0.25, 0.3) is 5.91 Å². The number of aromatic hydroxyl groups is 1. The van der Waals surface area contributed by atoms with Gasteiger partial charge in [0.1, 0.15) is 5.75 Å². The molecule has 2 aromatic carbocycles. The first kappa shape index (κ1) is 14.6. The van der Waals surface area contributed by atoms with Gasteiger partial charge in [0, 0.05) is 11.3 Å². The first-order valence-electron chi connectivity index (χ1n) is 6.55. The Morgan fingerprint density at radius 1 is 1.19 bits per heavy atom. The van der Waals surface area contributed by atoms with Crippen molar-refractivity contribution in [1.82, 2.24) is 5.43 Å². The van der Waals surface area contributed by atoms with Gasteiger partial charge in [-0.1, -0.05) is 29.8 Å². The van der Waals surface area contributed by atoms with E-state index in [1.807, 2.05) is 31.2 Å². The van der Waals surface area contributed by atoms with Crippen LogP contribution in [0.5, 0.6) is 5.75 Å². The van der Waals surface area contributed by atoms with Crippen LogP contribution in [0.4, 0.5) is 5.69 Å². The zero-order valence-electron chi connectivity index (χ0n) is 11.7. The predicted octanol–water partition coefficient (Wildman–Crippen LogP) is 2.26. The van der Waals surface area contributed by atoms with Crippen LogP contribution < -0.4 is 10.7 Å². The molecule has 21 heavy (non-hydrogen) atoms. The zero-order chi connectivity index (χ0) is 15.1. The quantitative estimate of drug-likeness (QED) is 0.582. The lowest BCUT2D eigenvalue weighted by Gasteiger charge is -2.05. The van der Waals surface area contributed by atoms with Crippen LogP contribution >= 0.6 is 0 Å². The lowest BCUT2D eigenvalue weighted by atomic mass is 10.2. The number of anilines is 1. The number of hydrazone groups is 1. The summed E-state index contributed by atoms with van der Waals surface area (Å²) in [7, 11) is 0. The number of carbonyl (C=O) groups is 1. The number of carbonyl (C=O) groups excluding carboxylic acids is 1. The summed E-state index contributed by atoms with van der Waals surface area (Å²) in [5.41, 5.74) is 4.98. The molecule has 0 radical (unpaired) electrons. The summed E-state index contributed by atoms with van der Waals surface area (Å²) in [5.74, 6) is -0.143. The van der Waals surface area contributed by atoms with E-state index < -0.39 is 0 Å². The Balaban J connectivity index is 1.80. The van der Waals surface area contributed by atoms with E-state index in [2.05, 4.69) is 15.8 Å². The summed E-state index contributed by atoms with van der Waals surface area (Å²) < 4.78 is 0. The van der Waals surface area contributed by atoms with E-state index in [1.54, 1.807) is 24.3 Å². The predicted molar refractivity (Wildman–Crippen MR) is 83.5 cm³/mol. The highest BCUT2D eigenvalue weighted by molar-refractivity contribution is 5.86. The molecule has 5 heteroatoms. The monoisotopic (exact) mass is 283 g/mol. The van der Waals surface area contributed by atoms with Gasteiger partial charge in [0.15, 0.2) is 0 Å². The Bertz CT molecular complexity index is 636. The van der Waals surface area contributed by atoms with Gasteiger partial charge in [0.2, 0.25) is 0 Å².